The Labute approximate surface area is 103 Å². The van der Waals surface area contributed by atoms with Crippen molar-refractivity contribution in [2.24, 2.45) is 5.14 Å². The maximum absolute atomic E-state index is 11.3. The minimum Gasteiger partial charge on any atom is -0.493 e. The fourth-order valence-electron chi connectivity index (χ4n) is 1.55. The van der Waals surface area contributed by atoms with Gasteiger partial charge in [0.2, 0.25) is 10.0 Å². The van der Waals surface area contributed by atoms with Gasteiger partial charge in [-0.1, -0.05) is 0 Å². The summed E-state index contributed by atoms with van der Waals surface area (Å²) >= 11 is 1.10. The van der Waals surface area contributed by atoms with Crippen molar-refractivity contribution in [2.75, 3.05) is 14.2 Å². The average molecular weight is 273 g/mol. The summed E-state index contributed by atoms with van der Waals surface area (Å²) in [5, 5.41) is 5.77. The van der Waals surface area contributed by atoms with Gasteiger partial charge >= 0.3 is 0 Å². The first-order valence-corrected chi connectivity index (χ1v) is 7.01. The van der Waals surface area contributed by atoms with Gasteiger partial charge in [0, 0.05) is 10.1 Å². The van der Waals surface area contributed by atoms with Crippen LogP contribution in [-0.4, -0.2) is 22.6 Å². The number of methoxy groups -OCH3 is 2. The van der Waals surface area contributed by atoms with Crippen molar-refractivity contribution >= 4 is 31.4 Å². The minimum absolute atomic E-state index is 0.110. The molecule has 0 radical (unpaired) electrons. The summed E-state index contributed by atoms with van der Waals surface area (Å²) in [5.41, 5.74) is 0. The maximum Gasteiger partial charge on any atom is 0.247 e. The Balaban J connectivity index is 2.77. The molecule has 17 heavy (non-hydrogen) atoms. The van der Waals surface area contributed by atoms with Crippen LogP contribution in [0.5, 0.6) is 11.5 Å². The van der Waals surface area contributed by atoms with Crippen molar-refractivity contribution in [3.8, 4) is 11.5 Å². The molecule has 1 aromatic carbocycles. The molecule has 7 heteroatoms. The lowest BCUT2D eigenvalue weighted by Crippen LogP contribution is -2.09. The van der Waals surface area contributed by atoms with Crippen LogP contribution in [0, 0.1) is 0 Å². The number of hydrogen-bond acceptors (Lipinski definition) is 5. The highest BCUT2D eigenvalue weighted by molar-refractivity contribution is 7.91. The predicted molar refractivity (Wildman–Crippen MR) is 66.3 cm³/mol. The van der Waals surface area contributed by atoms with E-state index in [0.29, 0.717) is 16.9 Å². The molecule has 0 fully saturated rings. The van der Waals surface area contributed by atoms with Gasteiger partial charge < -0.3 is 9.47 Å². The van der Waals surface area contributed by atoms with E-state index in [1.54, 1.807) is 12.1 Å². The van der Waals surface area contributed by atoms with Gasteiger partial charge in [0.1, 0.15) is 4.21 Å². The highest BCUT2D eigenvalue weighted by Crippen LogP contribution is 2.40. The third kappa shape index (κ3) is 2.08. The van der Waals surface area contributed by atoms with Gasteiger partial charge in [0.25, 0.3) is 0 Å². The van der Waals surface area contributed by atoms with E-state index >= 15 is 0 Å². The average Bonchev–Trinajstić information content (AvgIpc) is 2.70. The fourth-order valence-corrected chi connectivity index (χ4v) is 3.36. The second-order valence-electron chi connectivity index (χ2n) is 3.32. The van der Waals surface area contributed by atoms with Crippen LogP contribution < -0.4 is 14.6 Å². The molecule has 92 valence electrons. The van der Waals surface area contributed by atoms with E-state index in [1.807, 2.05) is 0 Å². The molecule has 0 saturated heterocycles. The number of sulfonamides is 1. The third-order valence-corrected chi connectivity index (χ3v) is 4.82. The maximum atomic E-state index is 11.3. The monoisotopic (exact) mass is 273 g/mol. The van der Waals surface area contributed by atoms with E-state index in [4.69, 9.17) is 14.6 Å². The van der Waals surface area contributed by atoms with Crippen molar-refractivity contribution in [2.45, 2.75) is 4.21 Å². The van der Waals surface area contributed by atoms with E-state index in [0.717, 1.165) is 16.0 Å². The van der Waals surface area contributed by atoms with Crippen molar-refractivity contribution in [3.05, 3.63) is 18.2 Å². The van der Waals surface area contributed by atoms with E-state index in [1.165, 1.54) is 20.3 Å². The second kappa shape index (κ2) is 4.17. The van der Waals surface area contributed by atoms with Gasteiger partial charge in [-0.15, -0.1) is 11.3 Å². The molecule has 1 aromatic heterocycles. The van der Waals surface area contributed by atoms with Crippen LogP contribution in [0.15, 0.2) is 22.4 Å². The predicted octanol–water partition coefficient (Wildman–Crippen LogP) is 1.57. The number of hydrogen-bond donors (Lipinski definition) is 1. The molecule has 1 heterocycles. The quantitative estimate of drug-likeness (QED) is 0.920. The lowest BCUT2D eigenvalue weighted by molar-refractivity contribution is 0.358. The molecular formula is C10H11NO4S2. The minimum atomic E-state index is -3.69. The summed E-state index contributed by atoms with van der Waals surface area (Å²) in [7, 11) is -0.657. The second-order valence-corrected chi connectivity index (χ2v) is 6.20. The van der Waals surface area contributed by atoms with Crippen LogP contribution in [0.2, 0.25) is 0 Å². The summed E-state index contributed by atoms with van der Waals surface area (Å²) in [6.45, 7) is 0. The van der Waals surface area contributed by atoms with Gasteiger partial charge in [-0.05, 0) is 18.2 Å². The normalized spacial score (nSPS) is 11.7. The van der Waals surface area contributed by atoms with Crippen molar-refractivity contribution in [1.29, 1.82) is 0 Å². The number of benzene rings is 1. The Hall–Kier alpha value is -1.31. The van der Waals surface area contributed by atoms with E-state index in [-0.39, 0.29) is 4.21 Å². The molecule has 0 bridgehead atoms. The molecular weight excluding hydrogens is 262 g/mol. The summed E-state index contributed by atoms with van der Waals surface area (Å²) in [6, 6.07) is 5.00. The number of fused-ring (bicyclic) bond motifs is 1. The molecule has 2 rings (SSSR count). The molecule has 0 saturated carbocycles. The highest BCUT2D eigenvalue weighted by atomic mass is 32.2. The Kier molecular flexibility index (Phi) is 2.98. The largest absolute Gasteiger partial charge is 0.493 e. The first kappa shape index (κ1) is 12.2. The summed E-state index contributed by atoms with van der Waals surface area (Å²) < 4.78 is 33.8. The van der Waals surface area contributed by atoms with Crippen LogP contribution in [-0.2, 0) is 10.0 Å². The molecule has 0 aliphatic carbocycles. The number of rotatable bonds is 3. The Morgan fingerprint density at radius 1 is 1.24 bits per heavy atom. The van der Waals surface area contributed by atoms with Crippen LogP contribution in [0.25, 0.3) is 10.1 Å². The summed E-state index contributed by atoms with van der Waals surface area (Å²) in [5.74, 6) is 1.06. The SMILES string of the molecule is COc1ccc2sc(S(N)(=O)=O)cc2c1OC. The summed E-state index contributed by atoms with van der Waals surface area (Å²) in [4.78, 5) is 0. The van der Waals surface area contributed by atoms with Gasteiger partial charge in [-0.3, -0.25) is 0 Å². The number of thiophene rings is 1. The van der Waals surface area contributed by atoms with Crippen molar-refractivity contribution in [1.82, 2.24) is 0 Å². The highest BCUT2D eigenvalue weighted by Gasteiger charge is 2.17. The zero-order valence-electron chi connectivity index (χ0n) is 9.26. The van der Waals surface area contributed by atoms with Crippen LogP contribution >= 0.6 is 11.3 Å². The first-order valence-electron chi connectivity index (χ1n) is 4.64. The smallest absolute Gasteiger partial charge is 0.247 e. The molecule has 0 spiro atoms. The van der Waals surface area contributed by atoms with E-state index in [2.05, 4.69) is 0 Å². The van der Waals surface area contributed by atoms with Gasteiger partial charge in [-0.25, -0.2) is 13.6 Å². The lowest BCUT2D eigenvalue weighted by atomic mass is 10.2. The third-order valence-electron chi connectivity index (χ3n) is 2.30. The van der Waals surface area contributed by atoms with Gasteiger partial charge in [-0.2, -0.15) is 0 Å². The number of nitrogens with two attached hydrogens (primary N) is 1. The fraction of sp³-hybridized carbons (Fsp3) is 0.200. The number of primary sulfonamides is 1. The zero-order chi connectivity index (χ0) is 12.6. The van der Waals surface area contributed by atoms with Crippen molar-refractivity contribution < 1.29 is 17.9 Å². The Morgan fingerprint density at radius 2 is 1.94 bits per heavy atom. The Morgan fingerprint density at radius 3 is 2.47 bits per heavy atom. The summed E-state index contributed by atoms with van der Waals surface area (Å²) in [6.07, 6.45) is 0. The molecule has 0 aliphatic heterocycles. The van der Waals surface area contributed by atoms with Crippen LogP contribution in [0.1, 0.15) is 0 Å². The first-order chi connectivity index (χ1) is 7.97. The van der Waals surface area contributed by atoms with Crippen LogP contribution in [0.3, 0.4) is 0 Å². The molecule has 5 nitrogen and oxygen atoms in total. The van der Waals surface area contributed by atoms with Gasteiger partial charge in [0.05, 0.1) is 14.2 Å². The molecule has 2 N–H and O–H groups in total. The molecule has 2 aromatic rings. The van der Waals surface area contributed by atoms with Crippen molar-refractivity contribution in [3.63, 3.8) is 0 Å². The standard InChI is InChI=1S/C10H11NO4S2/c1-14-7-3-4-8-6(10(7)15-2)5-9(16-8)17(11,12)13/h3-5H,1-2H3,(H2,11,12,13). The zero-order valence-corrected chi connectivity index (χ0v) is 10.9. The molecule has 0 atom stereocenters. The van der Waals surface area contributed by atoms with E-state index < -0.39 is 10.0 Å². The topological polar surface area (TPSA) is 78.6 Å². The molecule has 0 unspecified atom stereocenters. The molecule has 0 amide bonds. The van der Waals surface area contributed by atoms with Gasteiger partial charge in [0.15, 0.2) is 11.5 Å². The van der Waals surface area contributed by atoms with E-state index in [9.17, 15) is 8.42 Å². The molecule has 0 aliphatic rings. The number of ether oxygens (including phenoxy) is 2. The Bertz CT molecular complexity index is 660. The van der Waals surface area contributed by atoms with Crippen LogP contribution in [0.4, 0.5) is 0 Å². The lowest BCUT2D eigenvalue weighted by Gasteiger charge is -2.07.